The molecule has 1 aliphatic rings. The third kappa shape index (κ3) is 3.54. The Balaban J connectivity index is 2.02. The van der Waals surface area contributed by atoms with Crippen LogP contribution in [0.4, 0.5) is 5.69 Å². The van der Waals surface area contributed by atoms with Crippen LogP contribution >= 0.6 is 0 Å². The van der Waals surface area contributed by atoms with Crippen molar-refractivity contribution < 1.29 is 4.21 Å². The molecule has 0 aromatic heterocycles. The highest BCUT2D eigenvalue weighted by molar-refractivity contribution is 7.82. The maximum atomic E-state index is 12.3. The average Bonchev–Trinajstić information content (AvgIpc) is 2.39. The van der Waals surface area contributed by atoms with Crippen LogP contribution < -0.4 is 10.6 Å². The topological polar surface area (TPSA) is 44.4 Å². The molecule has 1 aromatic rings. The number of benzene rings is 1. The van der Waals surface area contributed by atoms with E-state index in [1.54, 1.807) is 0 Å². The predicted molar refractivity (Wildman–Crippen MR) is 76.1 cm³/mol. The number of piperazine rings is 1. The lowest BCUT2D eigenvalue weighted by molar-refractivity contribution is 0.380. The van der Waals surface area contributed by atoms with Gasteiger partial charge in [-0.2, -0.15) is 0 Å². The van der Waals surface area contributed by atoms with Gasteiger partial charge in [-0.15, -0.1) is 0 Å². The fraction of sp³-hybridized carbons (Fsp3) is 0.538. The number of hydrogen-bond donors (Lipinski definition) is 2. The maximum Gasteiger partial charge on any atom is 0.127 e. The molecule has 0 saturated carbocycles. The van der Waals surface area contributed by atoms with Crippen molar-refractivity contribution in [1.82, 2.24) is 9.62 Å². The Kier molecular flexibility index (Phi) is 4.74. The minimum atomic E-state index is -1.03. The Bertz CT molecular complexity index is 399. The summed E-state index contributed by atoms with van der Waals surface area (Å²) in [5.74, 6) is 0. The molecule has 18 heavy (non-hydrogen) atoms. The standard InChI is InChI=1S/C13H21N3OS/c1-11(2)15-12-3-5-13(6-4-12)18(17)16-9-7-14-8-10-16/h3-6,11,14-15H,7-10H2,1-2H3. The molecule has 0 aliphatic carbocycles. The van der Waals surface area contributed by atoms with Gasteiger partial charge in [0.25, 0.3) is 0 Å². The van der Waals surface area contributed by atoms with Crippen LogP contribution in [0.25, 0.3) is 0 Å². The van der Waals surface area contributed by atoms with Crippen molar-refractivity contribution >= 4 is 16.7 Å². The molecule has 0 bridgehead atoms. The van der Waals surface area contributed by atoms with Crippen LogP contribution in [0.5, 0.6) is 0 Å². The number of nitrogens with zero attached hydrogens (tertiary/aromatic N) is 1. The van der Waals surface area contributed by atoms with Crippen LogP contribution in [0, 0.1) is 0 Å². The van der Waals surface area contributed by atoms with Crippen molar-refractivity contribution in [3.63, 3.8) is 0 Å². The summed E-state index contributed by atoms with van der Waals surface area (Å²) in [7, 11) is -1.03. The van der Waals surface area contributed by atoms with E-state index < -0.39 is 11.0 Å². The lowest BCUT2D eigenvalue weighted by atomic mass is 10.3. The molecule has 0 spiro atoms. The van der Waals surface area contributed by atoms with Gasteiger partial charge in [-0.05, 0) is 38.1 Å². The molecule has 0 radical (unpaired) electrons. The van der Waals surface area contributed by atoms with Gasteiger partial charge in [0.05, 0.1) is 4.90 Å². The summed E-state index contributed by atoms with van der Waals surface area (Å²) in [6.45, 7) is 7.73. The summed E-state index contributed by atoms with van der Waals surface area (Å²) in [5.41, 5.74) is 1.08. The molecule has 5 heteroatoms. The second-order valence-electron chi connectivity index (χ2n) is 4.75. The molecular weight excluding hydrogens is 246 g/mol. The van der Waals surface area contributed by atoms with E-state index in [0.29, 0.717) is 6.04 Å². The fourth-order valence-electron chi connectivity index (χ4n) is 1.96. The van der Waals surface area contributed by atoms with Crippen molar-refractivity contribution in [2.75, 3.05) is 31.5 Å². The minimum Gasteiger partial charge on any atom is -0.383 e. The van der Waals surface area contributed by atoms with Crippen LogP contribution in [-0.4, -0.2) is 40.7 Å². The van der Waals surface area contributed by atoms with Crippen molar-refractivity contribution in [3.8, 4) is 0 Å². The first kappa shape index (κ1) is 13.5. The van der Waals surface area contributed by atoms with Gasteiger partial charge in [-0.1, -0.05) is 0 Å². The molecule has 1 fully saturated rings. The Labute approximate surface area is 111 Å². The molecule has 1 aromatic carbocycles. The van der Waals surface area contributed by atoms with Crippen LogP contribution in [-0.2, 0) is 11.0 Å². The van der Waals surface area contributed by atoms with E-state index >= 15 is 0 Å². The first-order chi connectivity index (χ1) is 8.66. The molecule has 100 valence electrons. The summed E-state index contributed by atoms with van der Waals surface area (Å²) >= 11 is 0. The third-order valence-electron chi connectivity index (χ3n) is 2.82. The lowest BCUT2D eigenvalue weighted by Gasteiger charge is -2.25. The van der Waals surface area contributed by atoms with Gasteiger partial charge in [0, 0.05) is 37.9 Å². The van der Waals surface area contributed by atoms with E-state index in [1.165, 1.54) is 0 Å². The van der Waals surface area contributed by atoms with Crippen LogP contribution in [0.2, 0.25) is 0 Å². The smallest absolute Gasteiger partial charge is 0.127 e. The maximum absolute atomic E-state index is 12.3. The Morgan fingerprint density at radius 3 is 2.39 bits per heavy atom. The zero-order valence-electron chi connectivity index (χ0n) is 11.0. The van der Waals surface area contributed by atoms with Crippen molar-refractivity contribution in [3.05, 3.63) is 24.3 Å². The lowest BCUT2D eigenvalue weighted by Crippen LogP contribution is -2.44. The third-order valence-corrected chi connectivity index (χ3v) is 4.33. The van der Waals surface area contributed by atoms with Gasteiger partial charge in [0.2, 0.25) is 0 Å². The second kappa shape index (κ2) is 6.31. The van der Waals surface area contributed by atoms with Crippen molar-refractivity contribution in [2.45, 2.75) is 24.8 Å². The molecule has 2 N–H and O–H groups in total. The Morgan fingerprint density at radius 2 is 1.83 bits per heavy atom. The molecule has 1 saturated heterocycles. The van der Waals surface area contributed by atoms with E-state index in [9.17, 15) is 4.21 Å². The Morgan fingerprint density at radius 1 is 1.22 bits per heavy atom. The predicted octanol–water partition coefficient (Wildman–Crippen LogP) is 1.43. The normalized spacial score (nSPS) is 18.8. The summed E-state index contributed by atoms with van der Waals surface area (Å²) in [5, 5.41) is 6.59. The van der Waals surface area contributed by atoms with Crippen LogP contribution in [0.3, 0.4) is 0 Å². The SMILES string of the molecule is CC(C)Nc1ccc(S(=O)N2CCNCC2)cc1. The molecule has 2 rings (SSSR count). The molecule has 1 aliphatic heterocycles. The second-order valence-corrected chi connectivity index (χ2v) is 6.24. The monoisotopic (exact) mass is 267 g/mol. The van der Waals surface area contributed by atoms with E-state index in [-0.39, 0.29) is 0 Å². The first-order valence-corrected chi connectivity index (χ1v) is 7.51. The van der Waals surface area contributed by atoms with E-state index in [4.69, 9.17) is 0 Å². The fourth-order valence-corrected chi connectivity index (χ4v) is 3.14. The van der Waals surface area contributed by atoms with Gasteiger partial charge in [0.1, 0.15) is 11.0 Å². The van der Waals surface area contributed by atoms with Crippen molar-refractivity contribution in [2.24, 2.45) is 0 Å². The van der Waals surface area contributed by atoms with Gasteiger partial charge in [-0.25, -0.2) is 8.51 Å². The molecule has 1 unspecified atom stereocenters. The molecule has 1 atom stereocenters. The van der Waals surface area contributed by atoms with Gasteiger partial charge in [-0.3, -0.25) is 0 Å². The molecular formula is C13H21N3OS. The number of nitrogens with one attached hydrogen (secondary N) is 2. The van der Waals surface area contributed by atoms with E-state index in [2.05, 4.69) is 24.5 Å². The molecule has 1 heterocycles. The zero-order valence-corrected chi connectivity index (χ0v) is 11.8. The quantitative estimate of drug-likeness (QED) is 0.867. The van der Waals surface area contributed by atoms with E-state index in [1.807, 2.05) is 28.6 Å². The molecule has 4 nitrogen and oxygen atoms in total. The first-order valence-electron chi connectivity index (χ1n) is 6.41. The highest BCUT2D eigenvalue weighted by Gasteiger charge is 2.17. The largest absolute Gasteiger partial charge is 0.383 e. The van der Waals surface area contributed by atoms with Crippen LogP contribution in [0.15, 0.2) is 29.2 Å². The van der Waals surface area contributed by atoms with Crippen LogP contribution in [0.1, 0.15) is 13.8 Å². The van der Waals surface area contributed by atoms with Crippen molar-refractivity contribution in [1.29, 1.82) is 0 Å². The average molecular weight is 267 g/mol. The highest BCUT2D eigenvalue weighted by atomic mass is 32.2. The highest BCUT2D eigenvalue weighted by Crippen LogP contribution is 2.16. The minimum absolute atomic E-state index is 0.412. The zero-order chi connectivity index (χ0) is 13.0. The Hall–Kier alpha value is -0.910. The van der Waals surface area contributed by atoms with Gasteiger partial charge in [0.15, 0.2) is 0 Å². The summed E-state index contributed by atoms with van der Waals surface area (Å²) in [6.07, 6.45) is 0. The number of hydrogen-bond acceptors (Lipinski definition) is 3. The number of anilines is 1. The summed E-state index contributed by atoms with van der Waals surface area (Å²) < 4.78 is 14.3. The van der Waals surface area contributed by atoms with E-state index in [0.717, 1.165) is 36.8 Å². The van der Waals surface area contributed by atoms with Gasteiger partial charge < -0.3 is 10.6 Å². The van der Waals surface area contributed by atoms with Gasteiger partial charge >= 0.3 is 0 Å². The number of rotatable bonds is 4. The molecule has 0 amide bonds. The summed E-state index contributed by atoms with van der Waals surface area (Å²) in [6, 6.07) is 8.30. The summed E-state index contributed by atoms with van der Waals surface area (Å²) in [4.78, 5) is 0.881.